The Morgan fingerprint density at radius 3 is 2.33 bits per heavy atom. The highest BCUT2D eigenvalue weighted by molar-refractivity contribution is 6.67. The van der Waals surface area contributed by atoms with E-state index < -0.39 is 28.1 Å². The zero-order chi connectivity index (χ0) is 9.30. The summed E-state index contributed by atoms with van der Waals surface area (Å²) in [4.78, 5) is 10.5. The molecule has 64 valence electrons. The highest BCUT2D eigenvalue weighted by Crippen LogP contribution is 2.27. The third-order valence-electron chi connectivity index (χ3n) is 1.28. The maximum absolute atomic E-state index is 12.7. The van der Waals surface area contributed by atoms with Crippen molar-refractivity contribution >= 4 is 16.8 Å². The molecule has 0 heterocycles. The minimum Gasteiger partial charge on any atom is -0.504 e. The fourth-order valence-electron chi connectivity index (χ4n) is 0.702. The largest absolute Gasteiger partial charge is 0.504 e. The van der Waals surface area contributed by atoms with E-state index in [-0.39, 0.29) is 0 Å². The van der Waals surface area contributed by atoms with E-state index in [2.05, 4.69) is 0 Å². The highest BCUT2D eigenvalue weighted by Gasteiger charge is 2.12. The average molecular weight is 191 g/mol. The Bertz CT molecular complexity index is 338. The normalized spacial score (nSPS) is 9.83. The van der Waals surface area contributed by atoms with Gasteiger partial charge in [-0.15, -0.1) is 0 Å². The second kappa shape index (κ2) is 2.98. The molecular weight excluding hydrogens is 187 g/mol. The molecule has 0 spiro atoms. The van der Waals surface area contributed by atoms with Crippen LogP contribution in [0, 0.1) is 5.82 Å². The smallest absolute Gasteiger partial charge is 0.255 e. The molecule has 0 aliphatic heterocycles. The van der Waals surface area contributed by atoms with Crippen molar-refractivity contribution < 1.29 is 19.4 Å². The highest BCUT2D eigenvalue weighted by atomic mass is 35.5. The van der Waals surface area contributed by atoms with Crippen LogP contribution >= 0.6 is 11.6 Å². The zero-order valence-corrected chi connectivity index (χ0v) is 6.47. The summed E-state index contributed by atoms with van der Waals surface area (Å²) in [7, 11) is 0. The lowest BCUT2D eigenvalue weighted by molar-refractivity contribution is 0.107. The second-order valence-electron chi connectivity index (χ2n) is 2.09. The summed E-state index contributed by atoms with van der Waals surface area (Å²) < 4.78 is 12.7. The molecule has 0 unspecified atom stereocenters. The van der Waals surface area contributed by atoms with E-state index in [4.69, 9.17) is 21.8 Å². The number of benzene rings is 1. The monoisotopic (exact) mass is 190 g/mol. The lowest BCUT2D eigenvalue weighted by Gasteiger charge is -2.00. The van der Waals surface area contributed by atoms with E-state index >= 15 is 0 Å². The van der Waals surface area contributed by atoms with Crippen molar-refractivity contribution in [2.45, 2.75) is 0 Å². The van der Waals surface area contributed by atoms with Crippen LogP contribution in [0.3, 0.4) is 0 Å². The molecule has 0 atom stereocenters. The molecule has 5 heteroatoms. The number of carbonyl (C=O) groups excluding carboxylic acids is 1. The Morgan fingerprint density at radius 2 is 1.83 bits per heavy atom. The quantitative estimate of drug-likeness (QED) is 0.523. The number of hydrogen-bond donors (Lipinski definition) is 2. The molecule has 3 nitrogen and oxygen atoms in total. The third-order valence-corrected chi connectivity index (χ3v) is 1.48. The van der Waals surface area contributed by atoms with Crippen molar-refractivity contribution in [2.24, 2.45) is 0 Å². The summed E-state index contributed by atoms with van der Waals surface area (Å²) in [5, 5.41) is 16.6. The van der Waals surface area contributed by atoms with Crippen LogP contribution in [0.15, 0.2) is 12.1 Å². The standard InChI is InChI=1S/C7H4ClFO3/c8-7(12)3-1-5(10)6(11)2-4(3)9/h1-2,10-11H. The van der Waals surface area contributed by atoms with Gasteiger partial charge in [0.1, 0.15) is 5.82 Å². The van der Waals surface area contributed by atoms with E-state index in [1.807, 2.05) is 0 Å². The van der Waals surface area contributed by atoms with Crippen molar-refractivity contribution in [3.05, 3.63) is 23.5 Å². The minimum absolute atomic E-state index is 0.466. The molecule has 1 rings (SSSR count). The number of phenols is 2. The molecule has 12 heavy (non-hydrogen) atoms. The molecule has 1 aromatic carbocycles. The van der Waals surface area contributed by atoms with Gasteiger partial charge in [-0.2, -0.15) is 0 Å². The van der Waals surface area contributed by atoms with Gasteiger partial charge in [-0.05, 0) is 17.7 Å². The zero-order valence-electron chi connectivity index (χ0n) is 5.71. The third kappa shape index (κ3) is 1.48. The number of hydrogen-bond acceptors (Lipinski definition) is 3. The van der Waals surface area contributed by atoms with E-state index in [0.29, 0.717) is 6.07 Å². The molecule has 0 fully saturated rings. The second-order valence-corrected chi connectivity index (χ2v) is 2.44. The van der Waals surface area contributed by atoms with Crippen LogP contribution in [0.4, 0.5) is 4.39 Å². The molecule has 0 radical (unpaired) electrons. The van der Waals surface area contributed by atoms with E-state index in [1.165, 1.54) is 0 Å². The van der Waals surface area contributed by atoms with Crippen LogP contribution in [0.1, 0.15) is 10.4 Å². The fourth-order valence-corrected chi connectivity index (χ4v) is 0.847. The van der Waals surface area contributed by atoms with Gasteiger partial charge in [0.25, 0.3) is 5.24 Å². The van der Waals surface area contributed by atoms with Crippen LogP contribution < -0.4 is 0 Å². The predicted molar refractivity (Wildman–Crippen MR) is 39.9 cm³/mol. The first kappa shape index (κ1) is 8.80. The van der Waals surface area contributed by atoms with Gasteiger partial charge in [0, 0.05) is 6.07 Å². The SMILES string of the molecule is O=C(Cl)c1cc(O)c(O)cc1F. The Labute approximate surface area is 72.0 Å². The number of halogens is 2. The van der Waals surface area contributed by atoms with E-state index in [0.717, 1.165) is 6.07 Å². The lowest BCUT2D eigenvalue weighted by Crippen LogP contribution is -1.93. The summed E-state index contributed by atoms with van der Waals surface area (Å²) in [6.07, 6.45) is 0. The summed E-state index contributed by atoms with van der Waals surface area (Å²) in [6.45, 7) is 0. The predicted octanol–water partition coefficient (Wildman–Crippen LogP) is 1.62. The van der Waals surface area contributed by atoms with Gasteiger partial charge in [-0.25, -0.2) is 4.39 Å². The molecule has 2 N–H and O–H groups in total. The van der Waals surface area contributed by atoms with E-state index in [1.54, 1.807) is 0 Å². The van der Waals surface area contributed by atoms with Crippen LogP contribution in [0.5, 0.6) is 11.5 Å². The maximum atomic E-state index is 12.7. The van der Waals surface area contributed by atoms with Crippen molar-refractivity contribution in [3.8, 4) is 11.5 Å². The van der Waals surface area contributed by atoms with Gasteiger partial charge in [0.2, 0.25) is 0 Å². The van der Waals surface area contributed by atoms with Gasteiger partial charge in [0.15, 0.2) is 11.5 Å². The number of aromatic hydroxyl groups is 2. The summed E-state index contributed by atoms with van der Waals surface area (Å²) in [5.41, 5.74) is -0.466. The molecule has 1 aromatic rings. The molecule has 0 aliphatic carbocycles. The van der Waals surface area contributed by atoms with Crippen LogP contribution in [0.2, 0.25) is 0 Å². The topological polar surface area (TPSA) is 57.5 Å². The first-order valence-electron chi connectivity index (χ1n) is 2.93. The summed E-state index contributed by atoms with van der Waals surface area (Å²) in [5.74, 6) is -2.18. The first-order valence-corrected chi connectivity index (χ1v) is 3.31. The summed E-state index contributed by atoms with van der Waals surface area (Å²) in [6, 6.07) is 1.38. The number of carbonyl (C=O) groups is 1. The van der Waals surface area contributed by atoms with Crippen molar-refractivity contribution in [3.63, 3.8) is 0 Å². The Morgan fingerprint density at radius 1 is 1.33 bits per heavy atom. The van der Waals surface area contributed by atoms with Gasteiger partial charge in [0.05, 0.1) is 5.56 Å². The average Bonchev–Trinajstić information content (AvgIpc) is 1.96. The fraction of sp³-hybridized carbons (Fsp3) is 0. The van der Waals surface area contributed by atoms with Crippen molar-refractivity contribution in [2.75, 3.05) is 0 Å². The van der Waals surface area contributed by atoms with Gasteiger partial charge >= 0.3 is 0 Å². The maximum Gasteiger partial charge on any atom is 0.255 e. The Hall–Kier alpha value is -1.29. The number of phenolic OH excluding ortho intramolecular Hbond substituents is 2. The molecular formula is C7H4ClFO3. The minimum atomic E-state index is -1.03. The van der Waals surface area contributed by atoms with Gasteiger partial charge < -0.3 is 10.2 Å². The van der Waals surface area contributed by atoms with Crippen LogP contribution in [-0.4, -0.2) is 15.5 Å². The Kier molecular flexibility index (Phi) is 2.19. The van der Waals surface area contributed by atoms with Crippen LogP contribution in [0.25, 0.3) is 0 Å². The molecule has 0 aliphatic rings. The lowest BCUT2D eigenvalue weighted by atomic mass is 10.2. The molecule has 0 aromatic heterocycles. The molecule has 0 saturated carbocycles. The Balaban J connectivity index is 3.33. The van der Waals surface area contributed by atoms with Crippen molar-refractivity contribution in [1.29, 1.82) is 0 Å². The van der Waals surface area contributed by atoms with Gasteiger partial charge in [-0.1, -0.05) is 0 Å². The summed E-state index contributed by atoms with van der Waals surface area (Å²) >= 11 is 4.96. The first-order chi connectivity index (χ1) is 5.52. The van der Waals surface area contributed by atoms with Crippen molar-refractivity contribution in [1.82, 2.24) is 0 Å². The molecule has 0 amide bonds. The number of rotatable bonds is 1. The molecule has 0 bridgehead atoms. The van der Waals surface area contributed by atoms with E-state index in [9.17, 15) is 9.18 Å². The molecule has 0 saturated heterocycles. The van der Waals surface area contributed by atoms with Gasteiger partial charge in [-0.3, -0.25) is 4.79 Å². The van der Waals surface area contributed by atoms with Crippen LogP contribution in [-0.2, 0) is 0 Å².